The van der Waals surface area contributed by atoms with E-state index >= 15 is 0 Å². The van der Waals surface area contributed by atoms with Crippen molar-refractivity contribution in [1.29, 1.82) is 0 Å². The summed E-state index contributed by atoms with van der Waals surface area (Å²) in [4.78, 5) is 12.5. The number of hydrogen-bond donors (Lipinski definition) is 0. The fraction of sp³-hybridized carbons (Fsp3) is 0.286. The Hall–Kier alpha value is -1.39. The van der Waals surface area contributed by atoms with Gasteiger partial charge in [0.05, 0.1) is 9.26 Å². The first kappa shape index (κ1) is 18.4. The monoisotopic (exact) mass is 421 g/mol. The van der Waals surface area contributed by atoms with Crippen LogP contribution in [0.3, 0.4) is 0 Å². The Morgan fingerprint density at radius 2 is 1.76 bits per heavy atom. The van der Waals surface area contributed by atoms with Crippen LogP contribution in [0.5, 0.6) is 0 Å². The van der Waals surface area contributed by atoms with Crippen LogP contribution in [-0.2, 0) is 10.0 Å². The van der Waals surface area contributed by atoms with E-state index in [9.17, 15) is 18.5 Å². The van der Waals surface area contributed by atoms with E-state index in [0.29, 0.717) is 23.1 Å². The lowest BCUT2D eigenvalue weighted by Crippen LogP contribution is -2.48. The molecule has 134 valence electrons. The van der Waals surface area contributed by atoms with Gasteiger partial charge in [-0.15, -0.1) is 11.3 Å². The van der Waals surface area contributed by atoms with E-state index in [1.54, 1.807) is 23.1 Å². The van der Waals surface area contributed by atoms with Crippen LogP contribution in [0, 0.1) is 10.1 Å². The minimum Gasteiger partial charge on any atom is -0.363 e. The van der Waals surface area contributed by atoms with Crippen LogP contribution in [0.2, 0.25) is 9.36 Å². The SMILES string of the molecule is O=[N+]([O-])c1cc(Cl)ccc1N1CCN(S(=O)(=O)c2ccc(Cl)s2)CC1. The molecule has 0 amide bonds. The molecule has 1 aromatic heterocycles. The molecular formula is C14H13Cl2N3O4S2. The first-order valence-corrected chi connectivity index (χ1v) is 10.2. The van der Waals surface area contributed by atoms with Gasteiger partial charge in [-0.05, 0) is 24.3 Å². The molecule has 1 aromatic carbocycles. The molecule has 7 nitrogen and oxygen atoms in total. The molecule has 2 heterocycles. The summed E-state index contributed by atoms with van der Waals surface area (Å²) in [6.07, 6.45) is 0. The first-order valence-electron chi connectivity index (χ1n) is 7.23. The van der Waals surface area contributed by atoms with Gasteiger partial charge in [-0.25, -0.2) is 8.42 Å². The summed E-state index contributed by atoms with van der Waals surface area (Å²) >= 11 is 12.7. The molecule has 0 aliphatic carbocycles. The second-order valence-electron chi connectivity index (χ2n) is 5.34. The standard InChI is InChI=1S/C14H13Cl2N3O4S2/c15-10-1-2-11(12(9-10)19(20)21)17-5-7-18(8-6-17)25(22,23)14-4-3-13(16)24-14/h1-4,9H,5-8H2. The van der Waals surface area contributed by atoms with Crippen molar-refractivity contribution in [3.63, 3.8) is 0 Å². The molecular weight excluding hydrogens is 409 g/mol. The third kappa shape index (κ3) is 3.75. The van der Waals surface area contributed by atoms with Gasteiger partial charge in [-0.2, -0.15) is 4.31 Å². The van der Waals surface area contributed by atoms with Crippen LogP contribution < -0.4 is 4.90 Å². The van der Waals surface area contributed by atoms with E-state index in [2.05, 4.69) is 0 Å². The number of thiophene rings is 1. The number of halogens is 2. The molecule has 0 spiro atoms. The van der Waals surface area contributed by atoms with Crippen molar-refractivity contribution in [2.24, 2.45) is 0 Å². The molecule has 1 aliphatic heterocycles. The average molecular weight is 422 g/mol. The Kier molecular flexibility index (Phi) is 5.21. The van der Waals surface area contributed by atoms with Crippen molar-refractivity contribution in [3.05, 3.63) is 49.8 Å². The third-order valence-electron chi connectivity index (χ3n) is 3.86. The Morgan fingerprint density at radius 1 is 1.08 bits per heavy atom. The number of piperazine rings is 1. The second kappa shape index (κ2) is 7.08. The van der Waals surface area contributed by atoms with E-state index in [1.165, 1.54) is 16.4 Å². The van der Waals surface area contributed by atoms with Crippen molar-refractivity contribution < 1.29 is 13.3 Å². The molecule has 0 N–H and O–H groups in total. The van der Waals surface area contributed by atoms with Gasteiger partial charge in [-0.3, -0.25) is 10.1 Å². The topological polar surface area (TPSA) is 83.8 Å². The summed E-state index contributed by atoms with van der Waals surface area (Å²) < 4.78 is 27.2. The minimum atomic E-state index is -3.59. The van der Waals surface area contributed by atoms with Crippen molar-refractivity contribution in [1.82, 2.24) is 4.31 Å². The lowest BCUT2D eigenvalue weighted by Gasteiger charge is -2.34. The average Bonchev–Trinajstić information content (AvgIpc) is 3.02. The molecule has 0 radical (unpaired) electrons. The number of nitrogens with zero attached hydrogens (tertiary/aromatic N) is 3. The summed E-state index contributed by atoms with van der Waals surface area (Å²) in [6, 6.07) is 7.50. The summed E-state index contributed by atoms with van der Waals surface area (Å²) in [5, 5.41) is 11.5. The van der Waals surface area contributed by atoms with Crippen LogP contribution in [0.25, 0.3) is 0 Å². The number of benzene rings is 1. The molecule has 0 unspecified atom stereocenters. The number of sulfonamides is 1. The van der Waals surface area contributed by atoms with Crippen LogP contribution >= 0.6 is 34.5 Å². The first-order chi connectivity index (χ1) is 11.8. The normalized spacial score (nSPS) is 16.2. The Bertz CT molecular complexity index is 909. The molecule has 25 heavy (non-hydrogen) atoms. The highest BCUT2D eigenvalue weighted by Gasteiger charge is 2.31. The Labute approximate surface area is 158 Å². The minimum absolute atomic E-state index is 0.0890. The Morgan fingerprint density at radius 3 is 2.32 bits per heavy atom. The van der Waals surface area contributed by atoms with E-state index in [1.807, 2.05) is 0 Å². The van der Waals surface area contributed by atoms with Crippen molar-refractivity contribution in [2.75, 3.05) is 31.1 Å². The Balaban J connectivity index is 1.78. The summed E-state index contributed by atoms with van der Waals surface area (Å²) in [5.41, 5.74) is 0.347. The van der Waals surface area contributed by atoms with E-state index < -0.39 is 14.9 Å². The smallest absolute Gasteiger partial charge is 0.294 e. The molecule has 1 fully saturated rings. The lowest BCUT2D eigenvalue weighted by molar-refractivity contribution is -0.384. The molecule has 1 aliphatic rings. The number of anilines is 1. The molecule has 0 saturated carbocycles. The number of nitro benzene ring substituents is 1. The molecule has 3 rings (SSSR count). The second-order valence-corrected chi connectivity index (χ2v) is 9.66. The summed E-state index contributed by atoms with van der Waals surface area (Å²) in [7, 11) is -3.59. The zero-order chi connectivity index (χ0) is 18.2. The van der Waals surface area contributed by atoms with Gasteiger partial charge < -0.3 is 4.90 Å². The summed E-state index contributed by atoms with van der Waals surface area (Å²) in [5.74, 6) is 0. The van der Waals surface area contributed by atoms with Gasteiger partial charge in [0.15, 0.2) is 0 Å². The van der Waals surface area contributed by atoms with Crippen molar-refractivity contribution in [2.45, 2.75) is 4.21 Å². The number of nitro groups is 1. The van der Waals surface area contributed by atoms with Gasteiger partial charge in [0.25, 0.3) is 15.7 Å². The van der Waals surface area contributed by atoms with Gasteiger partial charge in [0.2, 0.25) is 0 Å². The van der Waals surface area contributed by atoms with Gasteiger partial charge >= 0.3 is 0 Å². The van der Waals surface area contributed by atoms with Crippen LogP contribution in [0.4, 0.5) is 11.4 Å². The predicted molar refractivity (Wildman–Crippen MR) is 98.4 cm³/mol. The van der Waals surface area contributed by atoms with Crippen LogP contribution in [0.15, 0.2) is 34.5 Å². The fourth-order valence-electron chi connectivity index (χ4n) is 2.64. The third-order valence-corrected chi connectivity index (χ3v) is 7.69. The number of rotatable bonds is 4. The van der Waals surface area contributed by atoms with E-state index in [0.717, 1.165) is 11.3 Å². The zero-order valence-corrected chi connectivity index (χ0v) is 15.9. The summed E-state index contributed by atoms with van der Waals surface area (Å²) in [6.45, 7) is 1.16. The quantitative estimate of drug-likeness (QED) is 0.557. The maximum atomic E-state index is 12.6. The van der Waals surface area contributed by atoms with Crippen LogP contribution in [-0.4, -0.2) is 43.8 Å². The molecule has 2 aromatic rings. The van der Waals surface area contributed by atoms with Gasteiger partial charge in [-0.1, -0.05) is 23.2 Å². The van der Waals surface area contributed by atoms with E-state index in [4.69, 9.17) is 23.2 Å². The predicted octanol–water partition coefficient (Wildman–Crippen LogP) is 3.47. The highest BCUT2D eigenvalue weighted by atomic mass is 35.5. The largest absolute Gasteiger partial charge is 0.363 e. The maximum absolute atomic E-state index is 12.6. The number of hydrogen-bond acceptors (Lipinski definition) is 6. The van der Waals surface area contributed by atoms with Gasteiger partial charge in [0, 0.05) is 37.3 Å². The fourth-order valence-corrected chi connectivity index (χ4v) is 5.87. The molecule has 11 heteroatoms. The molecule has 0 bridgehead atoms. The molecule has 0 atom stereocenters. The molecule has 1 saturated heterocycles. The van der Waals surface area contributed by atoms with Crippen LogP contribution in [0.1, 0.15) is 0 Å². The lowest BCUT2D eigenvalue weighted by atomic mass is 10.2. The highest BCUT2D eigenvalue weighted by molar-refractivity contribution is 7.91. The van der Waals surface area contributed by atoms with Crippen molar-refractivity contribution >= 4 is 55.9 Å². The van der Waals surface area contributed by atoms with Gasteiger partial charge in [0.1, 0.15) is 9.90 Å². The van der Waals surface area contributed by atoms with Crippen molar-refractivity contribution in [3.8, 4) is 0 Å². The maximum Gasteiger partial charge on any atom is 0.294 e. The zero-order valence-electron chi connectivity index (χ0n) is 12.8. The van der Waals surface area contributed by atoms with E-state index in [-0.39, 0.29) is 28.0 Å². The highest BCUT2D eigenvalue weighted by Crippen LogP contribution is 2.33.